The maximum Gasteiger partial charge on any atom is 0.0710 e. The Labute approximate surface area is 79.9 Å². The van der Waals surface area contributed by atoms with Crippen LogP contribution in [0, 0.1) is 0 Å². The van der Waals surface area contributed by atoms with Crippen LogP contribution in [-0.2, 0) is 18.9 Å². The fraction of sp³-hybridized carbons (Fsp3) is 0.700. The van der Waals surface area contributed by atoms with Crippen molar-refractivity contribution in [2.45, 2.75) is 32.6 Å². The Morgan fingerprint density at radius 2 is 2.08 bits per heavy atom. The number of aromatic nitrogens is 2. The van der Waals surface area contributed by atoms with Gasteiger partial charge in [-0.3, -0.25) is 4.68 Å². The topological polar surface area (TPSA) is 43.8 Å². The molecule has 0 aliphatic rings. The Morgan fingerprint density at radius 1 is 1.46 bits per heavy atom. The lowest BCUT2D eigenvalue weighted by molar-refractivity contribution is 0.548. The van der Waals surface area contributed by atoms with Crippen molar-refractivity contribution in [3.8, 4) is 0 Å². The normalized spacial score (nSPS) is 12.1. The number of rotatable bonds is 2. The molecular formula is C10H19N3. The van der Waals surface area contributed by atoms with E-state index in [4.69, 9.17) is 5.73 Å². The SMILES string of the molecule is Cn1cc(CCN)c(C(C)(C)C)n1. The smallest absolute Gasteiger partial charge is 0.0710 e. The Morgan fingerprint density at radius 3 is 2.54 bits per heavy atom. The van der Waals surface area contributed by atoms with Gasteiger partial charge in [-0.25, -0.2) is 0 Å². The molecule has 0 saturated carbocycles. The zero-order valence-corrected chi connectivity index (χ0v) is 8.96. The molecule has 0 fully saturated rings. The summed E-state index contributed by atoms with van der Waals surface area (Å²) in [6.07, 6.45) is 2.98. The van der Waals surface area contributed by atoms with Gasteiger partial charge in [0.2, 0.25) is 0 Å². The summed E-state index contributed by atoms with van der Waals surface area (Å²) in [6.45, 7) is 7.22. The Bertz CT molecular complexity index is 281. The molecule has 0 saturated heterocycles. The van der Waals surface area contributed by atoms with Gasteiger partial charge in [0.05, 0.1) is 5.69 Å². The molecule has 0 aliphatic carbocycles. The number of nitrogens with two attached hydrogens (primary N) is 1. The first-order valence-electron chi connectivity index (χ1n) is 4.68. The Kier molecular flexibility index (Phi) is 2.76. The van der Waals surface area contributed by atoms with Crippen LogP contribution in [0.15, 0.2) is 6.20 Å². The quantitative estimate of drug-likeness (QED) is 0.745. The second-order valence-corrected chi connectivity index (χ2v) is 4.47. The van der Waals surface area contributed by atoms with Gasteiger partial charge < -0.3 is 5.73 Å². The van der Waals surface area contributed by atoms with Crippen LogP contribution in [0.2, 0.25) is 0 Å². The predicted octanol–water partition coefficient (Wildman–Crippen LogP) is 1.22. The summed E-state index contributed by atoms with van der Waals surface area (Å²) in [5.74, 6) is 0. The minimum Gasteiger partial charge on any atom is -0.330 e. The van der Waals surface area contributed by atoms with Gasteiger partial charge in [0.1, 0.15) is 0 Å². The van der Waals surface area contributed by atoms with Crippen LogP contribution in [0.25, 0.3) is 0 Å². The van der Waals surface area contributed by atoms with Crippen LogP contribution in [-0.4, -0.2) is 16.3 Å². The fourth-order valence-corrected chi connectivity index (χ4v) is 1.51. The second-order valence-electron chi connectivity index (χ2n) is 4.47. The highest BCUT2D eigenvalue weighted by molar-refractivity contribution is 5.24. The number of hydrogen-bond acceptors (Lipinski definition) is 2. The maximum absolute atomic E-state index is 5.54. The van der Waals surface area contributed by atoms with Crippen molar-refractivity contribution in [1.29, 1.82) is 0 Å². The molecule has 0 unspecified atom stereocenters. The molecule has 0 atom stereocenters. The summed E-state index contributed by atoms with van der Waals surface area (Å²) in [5, 5.41) is 4.46. The summed E-state index contributed by atoms with van der Waals surface area (Å²) in [5.41, 5.74) is 8.10. The van der Waals surface area contributed by atoms with Gasteiger partial charge in [-0.1, -0.05) is 20.8 Å². The van der Waals surface area contributed by atoms with Gasteiger partial charge in [-0.15, -0.1) is 0 Å². The van der Waals surface area contributed by atoms with Crippen molar-refractivity contribution in [2.75, 3.05) is 6.54 Å². The maximum atomic E-state index is 5.54. The summed E-state index contributed by atoms with van der Waals surface area (Å²) >= 11 is 0. The molecule has 0 spiro atoms. The van der Waals surface area contributed by atoms with Crippen molar-refractivity contribution in [1.82, 2.24) is 9.78 Å². The van der Waals surface area contributed by atoms with E-state index >= 15 is 0 Å². The molecule has 0 aliphatic heterocycles. The van der Waals surface area contributed by atoms with Gasteiger partial charge in [-0.2, -0.15) is 5.10 Å². The zero-order valence-electron chi connectivity index (χ0n) is 8.96. The molecule has 0 bridgehead atoms. The minimum absolute atomic E-state index is 0.117. The van der Waals surface area contributed by atoms with Gasteiger partial charge in [0.25, 0.3) is 0 Å². The lowest BCUT2D eigenvalue weighted by Gasteiger charge is -2.17. The molecule has 0 aromatic carbocycles. The minimum atomic E-state index is 0.117. The molecule has 3 nitrogen and oxygen atoms in total. The van der Waals surface area contributed by atoms with Crippen LogP contribution in [0.3, 0.4) is 0 Å². The van der Waals surface area contributed by atoms with Gasteiger partial charge in [0, 0.05) is 18.7 Å². The van der Waals surface area contributed by atoms with Gasteiger partial charge >= 0.3 is 0 Å². The molecule has 74 valence electrons. The summed E-state index contributed by atoms with van der Waals surface area (Å²) in [4.78, 5) is 0. The summed E-state index contributed by atoms with van der Waals surface area (Å²) < 4.78 is 1.87. The van der Waals surface area contributed by atoms with E-state index in [1.54, 1.807) is 0 Å². The van der Waals surface area contributed by atoms with Crippen molar-refractivity contribution in [3.63, 3.8) is 0 Å². The van der Waals surface area contributed by atoms with Crippen molar-refractivity contribution >= 4 is 0 Å². The van der Waals surface area contributed by atoms with Crippen LogP contribution in [0.5, 0.6) is 0 Å². The predicted molar refractivity (Wildman–Crippen MR) is 54.7 cm³/mol. The third-order valence-corrected chi connectivity index (χ3v) is 2.03. The molecule has 1 aromatic rings. The molecule has 1 rings (SSSR count). The largest absolute Gasteiger partial charge is 0.330 e. The third kappa shape index (κ3) is 2.31. The molecule has 13 heavy (non-hydrogen) atoms. The summed E-state index contributed by atoms with van der Waals surface area (Å²) in [6, 6.07) is 0. The third-order valence-electron chi connectivity index (χ3n) is 2.03. The first-order valence-corrected chi connectivity index (χ1v) is 4.68. The van der Waals surface area contributed by atoms with E-state index in [2.05, 4.69) is 32.1 Å². The van der Waals surface area contributed by atoms with Crippen molar-refractivity contribution < 1.29 is 0 Å². The highest BCUT2D eigenvalue weighted by atomic mass is 15.3. The Balaban J connectivity index is 3.04. The van der Waals surface area contributed by atoms with Crippen LogP contribution in [0.1, 0.15) is 32.0 Å². The molecule has 1 heterocycles. The van der Waals surface area contributed by atoms with Crippen molar-refractivity contribution in [2.24, 2.45) is 12.8 Å². The first-order chi connectivity index (χ1) is 5.95. The zero-order chi connectivity index (χ0) is 10.1. The molecule has 0 amide bonds. The van der Waals surface area contributed by atoms with Crippen LogP contribution in [0.4, 0.5) is 0 Å². The van der Waals surface area contributed by atoms with Gasteiger partial charge in [-0.05, 0) is 18.5 Å². The van der Waals surface area contributed by atoms with Crippen molar-refractivity contribution in [3.05, 3.63) is 17.5 Å². The van der Waals surface area contributed by atoms with Gasteiger partial charge in [0.15, 0.2) is 0 Å². The van der Waals surface area contributed by atoms with E-state index in [1.807, 2.05) is 11.7 Å². The molecule has 2 N–H and O–H groups in total. The highest BCUT2D eigenvalue weighted by Gasteiger charge is 2.20. The van der Waals surface area contributed by atoms with E-state index in [0.717, 1.165) is 6.42 Å². The van der Waals surface area contributed by atoms with E-state index in [1.165, 1.54) is 11.3 Å². The number of nitrogens with zero attached hydrogens (tertiary/aromatic N) is 2. The molecule has 0 radical (unpaired) electrons. The number of aryl methyl sites for hydroxylation is 1. The van der Waals surface area contributed by atoms with E-state index in [-0.39, 0.29) is 5.41 Å². The molecule has 1 aromatic heterocycles. The van der Waals surface area contributed by atoms with E-state index in [0.29, 0.717) is 6.54 Å². The average Bonchev–Trinajstić information content (AvgIpc) is 2.30. The second kappa shape index (κ2) is 3.50. The number of hydrogen-bond donors (Lipinski definition) is 1. The standard InChI is InChI=1S/C10H19N3/c1-10(2,3)9-8(5-6-11)7-13(4)12-9/h7H,5-6,11H2,1-4H3. The highest BCUT2D eigenvalue weighted by Crippen LogP contribution is 2.23. The van der Waals surface area contributed by atoms with E-state index < -0.39 is 0 Å². The summed E-state index contributed by atoms with van der Waals surface area (Å²) in [7, 11) is 1.95. The lowest BCUT2D eigenvalue weighted by atomic mass is 9.89. The monoisotopic (exact) mass is 181 g/mol. The fourth-order valence-electron chi connectivity index (χ4n) is 1.51. The Hall–Kier alpha value is -0.830. The molecule has 3 heteroatoms. The van der Waals surface area contributed by atoms with E-state index in [9.17, 15) is 0 Å². The van der Waals surface area contributed by atoms with Crippen LogP contribution >= 0.6 is 0 Å². The average molecular weight is 181 g/mol. The lowest BCUT2D eigenvalue weighted by Crippen LogP contribution is -2.16. The first kappa shape index (κ1) is 10.3. The van der Waals surface area contributed by atoms with Crippen LogP contribution < -0.4 is 5.73 Å². The molecular weight excluding hydrogens is 162 g/mol.